The molecule has 0 aromatic heterocycles. The Morgan fingerprint density at radius 3 is 2.47 bits per heavy atom. The average molecular weight is 474 g/mol. The van der Waals surface area contributed by atoms with Gasteiger partial charge < -0.3 is 37.8 Å². The molecular weight excluding hydrogens is 438 g/mol. The Morgan fingerprint density at radius 1 is 1.19 bits per heavy atom. The molecule has 1 heterocycles. The summed E-state index contributed by atoms with van der Waals surface area (Å²) in [6, 6.07) is -3.52. The minimum Gasteiger partial charge on any atom is -0.480 e. The number of hydrogen-bond donors (Lipinski definition) is 6. The van der Waals surface area contributed by atoms with Gasteiger partial charge in [-0.3, -0.25) is 19.4 Å². The summed E-state index contributed by atoms with van der Waals surface area (Å²) in [7, 11) is 0. The molecule has 0 spiro atoms. The highest BCUT2D eigenvalue weighted by Crippen LogP contribution is 2.19. The smallest absolute Gasteiger partial charge is 0.326 e. The van der Waals surface area contributed by atoms with Crippen molar-refractivity contribution in [2.24, 2.45) is 22.2 Å². The maximum Gasteiger partial charge on any atom is 0.326 e. The SMILES string of the molecule is CSCCC(NC(=O)C(C)NC(=O)C(N)CCCN=C(N)N)C(=O)N1CCCC1C(=O)O. The number of thioether (sulfide) groups is 1. The average Bonchev–Trinajstić information content (AvgIpc) is 3.23. The van der Waals surface area contributed by atoms with Crippen molar-refractivity contribution in [1.29, 1.82) is 0 Å². The first-order valence-electron chi connectivity index (χ1n) is 10.5. The molecule has 4 unspecified atom stereocenters. The van der Waals surface area contributed by atoms with Crippen LogP contribution in [0.3, 0.4) is 0 Å². The van der Waals surface area contributed by atoms with Gasteiger partial charge >= 0.3 is 5.97 Å². The zero-order valence-electron chi connectivity index (χ0n) is 18.6. The Balaban J connectivity index is 2.66. The lowest BCUT2D eigenvalue weighted by molar-refractivity contribution is -0.149. The molecule has 0 bridgehead atoms. The number of hydrogen-bond acceptors (Lipinski definition) is 7. The monoisotopic (exact) mass is 473 g/mol. The van der Waals surface area contributed by atoms with Gasteiger partial charge in [-0.15, -0.1) is 0 Å². The molecule has 32 heavy (non-hydrogen) atoms. The molecule has 1 aliphatic heterocycles. The van der Waals surface area contributed by atoms with Gasteiger partial charge in [-0.25, -0.2) is 4.79 Å². The van der Waals surface area contributed by atoms with Crippen molar-refractivity contribution in [2.45, 2.75) is 63.2 Å². The number of guanidine groups is 1. The van der Waals surface area contributed by atoms with Crippen molar-refractivity contribution in [3.8, 4) is 0 Å². The Hall–Kier alpha value is -2.54. The van der Waals surface area contributed by atoms with E-state index in [1.54, 1.807) is 0 Å². The van der Waals surface area contributed by atoms with E-state index in [0.717, 1.165) is 0 Å². The van der Waals surface area contributed by atoms with Crippen LogP contribution in [0.5, 0.6) is 0 Å². The van der Waals surface area contributed by atoms with Crippen LogP contribution in [-0.4, -0.2) is 88.9 Å². The number of aliphatic carboxylic acids is 1. The number of aliphatic imine (C=N–C) groups is 1. The lowest BCUT2D eigenvalue weighted by atomic mass is 10.1. The van der Waals surface area contributed by atoms with Crippen LogP contribution in [0.15, 0.2) is 4.99 Å². The number of likely N-dealkylation sites (tertiary alicyclic amines) is 1. The van der Waals surface area contributed by atoms with Crippen LogP contribution in [0.25, 0.3) is 0 Å². The highest BCUT2D eigenvalue weighted by atomic mass is 32.2. The van der Waals surface area contributed by atoms with Crippen LogP contribution in [0.4, 0.5) is 0 Å². The van der Waals surface area contributed by atoms with Gasteiger partial charge in [0.05, 0.1) is 6.04 Å². The second kappa shape index (κ2) is 13.8. The van der Waals surface area contributed by atoms with Gasteiger partial charge in [0.2, 0.25) is 17.7 Å². The molecule has 0 saturated carbocycles. The fourth-order valence-corrected chi connectivity index (χ4v) is 3.79. The highest BCUT2D eigenvalue weighted by molar-refractivity contribution is 7.98. The number of carboxylic acid groups (broad SMARTS) is 1. The van der Waals surface area contributed by atoms with E-state index in [0.29, 0.717) is 50.9 Å². The van der Waals surface area contributed by atoms with E-state index >= 15 is 0 Å². The Labute approximate surface area is 192 Å². The van der Waals surface area contributed by atoms with E-state index in [2.05, 4.69) is 15.6 Å². The Bertz CT molecular complexity index is 702. The van der Waals surface area contributed by atoms with Crippen LogP contribution in [0, 0.1) is 0 Å². The predicted molar refractivity (Wildman–Crippen MR) is 123 cm³/mol. The fraction of sp³-hybridized carbons (Fsp3) is 0.737. The minimum absolute atomic E-state index is 0.0394. The molecule has 0 aromatic rings. The summed E-state index contributed by atoms with van der Waals surface area (Å²) in [4.78, 5) is 54.4. The van der Waals surface area contributed by atoms with Gasteiger partial charge in [-0.05, 0) is 51.0 Å². The number of rotatable bonds is 13. The second-order valence-electron chi connectivity index (χ2n) is 7.66. The normalized spacial score (nSPS) is 18.3. The maximum atomic E-state index is 13.0. The Morgan fingerprint density at radius 2 is 1.88 bits per heavy atom. The summed E-state index contributed by atoms with van der Waals surface area (Å²) in [5.74, 6) is -1.97. The summed E-state index contributed by atoms with van der Waals surface area (Å²) < 4.78 is 0. The number of carboxylic acids is 1. The lowest BCUT2D eigenvalue weighted by Crippen LogP contribution is -2.56. The molecule has 9 N–H and O–H groups in total. The molecule has 3 amide bonds. The van der Waals surface area contributed by atoms with E-state index in [1.807, 2.05) is 6.26 Å². The summed E-state index contributed by atoms with van der Waals surface area (Å²) in [5, 5.41) is 14.6. The quantitative estimate of drug-likeness (QED) is 0.101. The second-order valence-corrected chi connectivity index (χ2v) is 8.64. The molecule has 1 rings (SSSR count). The van der Waals surface area contributed by atoms with E-state index in [-0.39, 0.29) is 5.96 Å². The van der Waals surface area contributed by atoms with Crippen molar-refractivity contribution in [3.63, 3.8) is 0 Å². The summed E-state index contributed by atoms with van der Waals surface area (Å²) >= 11 is 1.51. The zero-order valence-corrected chi connectivity index (χ0v) is 19.4. The topological polar surface area (TPSA) is 206 Å². The third-order valence-electron chi connectivity index (χ3n) is 5.10. The zero-order chi connectivity index (χ0) is 24.3. The summed E-state index contributed by atoms with van der Waals surface area (Å²) in [6.45, 7) is 2.17. The maximum absolute atomic E-state index is 13.0. The molecule has 1 fully saturated rings. The third-order valence-corrected chi connectivity index (χ3v) is 5.75. The molecule has 0 aliphatic carbocycles. The molecule has 4 atom stereocenters. The number of amides is 3. The Kier molecular flexibility index (Phi) is 11.8. The van der Waals surface area contributed by atoms with Gasteiger partial charge in [-0.2, -0.15) is 11.8 Å². The lowest BCUT2D eigenvalue weighted by Gasteiger charge is -2.28. The molecular formula is C19H35N7O5S. The van der Waals surface area contributed by atoms with Gasteiger partial charge in [-0.1, -0.05) is 0 Å². The number of nitrogens with zero attached hydrogens (tertiary/aromatic N) is 2. The first kappa shape index (κ1) is 27.5. The molecule has 13 heteroatoms. The number of nitrogens with one attached hydrogen (secondary N) is 2. The van der Waals surface area contributed by atoms with Gasteiger partial charge in [0.25, 0.3) is 0 Å². The van der Waals surface area contributed by atoms with Crippen molar-refractivity contribution < 1.29 is 24.3 Å². The van der Waals surface area contributed by atoms with Crippen molar-refractivity contribution in [3.05, 3.63) is 0 Å². The molecule has 1 saturated heterocycles. The van der Waals surface area contributed by atoms with Gasteiger partial charge in [0.15, 0.2) is 5.96 Å². The van der Waals surface area contributed by atoms with Crippen LogP contribution in [-0.2, 0) is 19.2 Å². The molecule has 12 nitrogen and oxygen atoms in total. The number of carbonyl (C=O) groups excluding carboxylic acids is 3. The van der Waals surface area contributed by atoms with E-state index in [4.69, 9.17) is 17.2 Å². The number of nitrogens with two attached hydrogens (primary N) is 3. The van der Waals surface area contributed by atoms with Crippen molar-refractivity contribution >= 4 is 41.4 Å². The van der Waals surface area contributed by atoms with Crippen molar-refractivity contribution in [2.75, 3.05) is 25.1 Å². The van der Waals surface area contributed by atoms with Crippen molar-refractivity contribution in [1.82, 2.24) is 15.5 Å². The molecule has 0 radical (unpaired) electrons. The molecule has 182 valence electrons. The fourth-order valence-electron chi connectivity index (χ4n) is 3.31. The standard InChI is InChI=1S/C19H35N7O5S/c1-11(24-16(28)12(20)5-3-8-23-19(21)22)15(27)25-13(7-10-32-2)17(29)26-9-4-6-14(26)18(30)31/h11-14H,3-10,20H2,1-2H3,(H,24,28)(H,25,27)(H,30,31)(H4,21,22,23). The van der Waals surface area contributed by atoms with E-state index < -0.39 is 47.9 Å². The van der Waals surface area contributed by atoms with Crippen LogP contribution in [0.2, 0.25) is 0 Å². The largest absolute Gasteiger partial charge is 0.480 e. The first-order chi connectivity index (χ1) is 15.1. The van der Waals surface area contributed by atoms with Crippen LogP contribution >= 0.6 is 11.8 Å². The van der Waals surface area contributed by atoms with E-state index in [1.165, 1.54) is 23.6 Å². The number of carbonyl (C=O) groups is 4. The van der Waals surface area contributed by atoms with Crippen LogP contribution < -0.4 is 27.8 Å². The van der Waals surface area contributed by atoms with Gasteiger partial charge in [0, 0.05) is 13.1 Å². The predicted octanol–water partition coefficient (Wildman–Crippen LogP) is -1.81. The van der Waals surface area contributed by atoms with Gasteiger partial charge in [0.1, 0.15) is 18.1 Å². The third kappa shape index (κ3) is 8.91. The summed E-state index contributed by atoms with van der Waals surface area (Å²) in [6.07, 6.45) is 4.03. The minimum atomic E-state index is -1.06. The first-order valence-corrected chi connectivity index (χ1v) is 11.9. The van der Waals surface area contributed by atoms with Crippen LogP contribution in [0.1, 0.15) is 39.0 Å². The summed E-state index contributed by atoms with van der Waals surface area (Å²) in [5.41, 5.74) is 16.3. The van der Waals surface area contributed by atoms with E-state index in [9.17, 15) is 24.3 Å². The molecule has 0 aromatic carbocycles. The highest BCUT2D eigenvalue weighted by Gasteiger charge is 2.37. The molecule has 1 aliphatic rings.